The molecule has 114 valence electrons. The SMILES string of the molecule is C[C@H]1C[C@@H]1C(=O)OCc1nnc(-c2ccc([N+](=O)[O-])cc2)o1. The largest absolute Gasteiger partial charge is 0.455 e. The molecule has 2 aromatic rings. The number of carbonyl (C=O) groups is 1. The van der Waals surface area contributed by atoms with Crippen molar-refractivity contribution in [3.05, 3.63) is 40.3 Å². The molecule has 22 heavy (non-hydrogen) atoms. The predicted octanol–water partition coefficient (Wildman–Crippen LogP) is 2.34. The van der Waals surface area contributed by atoms with Crippen molar-refractivity contribution < 1.29 is 18.9 Å². The maximum atomic E-state index is 11.6. The van der Waals surface area contributed by atoms with Gasteiger partial charge in [-0.05, 0) is 24.5 Å². The lowest BCUT2D eigenvalue weighted by Gasteiger charge is -1.99. The third-order valence-electron chi connectivity index (χ3n) is 3.54. The molecule has 0 saturated heterocycles. The van der Waals surface area contributed by atoms with Crippen molar-refractivity contribution in [2.75, 3.05) is 0 Å². The molecule has 1 fully saturated rings. The van der Waals surface area contributed by atoms with E-state index in [9.17, 15) is 14.9 Å². The van der Waals surface area contributed by atoms with Crippen LogP contribution in [-0.2, 0) is 16.1 Å². The number of esters is 1. The van der Waals surface area contributed by atoms with Crippen molar-refractivity contribution in [2.45, 2.75) is 20.0 Å². The molecule has 0 radical (unpaired) electrons. The Bertz CT molecular complexity index is 710. The summed E-state index contributed by atoms with van der Waals surface area (Å²) < 4.78 is 10.5. The summed E-state index contributed by atoms with van der Waals surface area (Å²) in [6.07, 6.45) is 0.858. The Balaban J connectivity index is 1.63. The second-order valence-electron chi connectivity index (χ2n) is 5.23. The molecule has 1 aromatic heterocycles. The number of nitro benzene ring substituents is 1. The van der Waals surface area contributed by atoms with Gasteiger partial charge in [-0.1, -0.05) is 6.92 Å². The minimum absolute atomic E-state index is 0.0166. The van der Waals surface area contributed by atoms with Crippen LogP contribution < -0.4 is 0 Å². The maximum absolute atomic E-state index is 11.6. The number of nitrogens with zero attached hydrogens (tertiary/aromatic N) is 3. The van der Waals surface area contributed by atoms with Crippen LogP contribution in [0.25, 0.3) is 11.5 Å². The van der Waals surface area contributed by atoms with Gasteiger partial charge in [-0.2, -0.15) is 0 Å². The van der Waals surface area contributed by atoms with Gasteiger partial charge in [0.05, 0.1) is 10.8 Å². The zero-order chi connectivity index (χ0) is 15.7. The first kappa shape index (κ1) is 14.2. The standard InChI is InChI=1S/C14H13N3O5/c1-8-6-11(8)14(18)21-7-12-15-16-13(22-12)9-2-4-10(5-3-9)17(19)20/h2-5,8,11H,6-7H2,1H3/t8-,11-/m0/s1. The average molecular weight is 303 g/mol. The summed E-state index contributed by atoms with van der Waals surface area (Å²) in [5.74, 6) is 0.529. The number of nitro groups is 1. The van der Waals surface area contributed by atoms with E-state index in [1.165, 1.54) is 24.3 Å². The topological polar surface area (TPSA) is 108 Å². The van der Waals surface area contributed by atoms with E-state index < -0.39 is 4.92 Å². The molecule has 2 atom stereocenters. The summed E-state index contributed by atoms with van der Waals surface area (Å²) >= 11 is 0. The minimum Gasteiger partial charge on any atom is -0.455 e. The molecular formula is C14H13N3O5. The average Bonchev–Trinajstić information content (AvgIpc) is 3.06. The number of carbonyl (C=O) groups excluding carboxylic acids is 1. The van der Waals surface area contributed by atoms with E-state index in [4.69, 9.17) is 9.15 Å². The summed E-state index contributed by atoms with van der Waals surface area (Å²) in [5, 5.41) is 18.2. The van der Waals surface area contributed by atoms with Gasteiger partial charge in [-0.15, -0.1) is 10.2 Å². The molecule has 8 heteroatoms. The van der Waals surface area contributed by atoms with Gasteiger partial charge in [0, 0.05) is 17.7 Å². The highest BCUT2D eigenvalue weighted by Crippen LogP contribution is 2.38. The van der Waals surface area contributed by atoms with Crippen LogP contribution in [0.2, 0.25) is 0 Å². The second kappa shape index (κ2) is 5.55. The van der Waals surface area contributed by atoms with Gasteiger partial charge >= 0.3 is 5.97 Å². The van der Waals surface area contributed by atoms with E-state index in [0.29, 0.717) is 11.5 Å². The molecule has 0 aliphatic heterocycles. The van der Waals surface area contributed by atoms with Gasteiger partial charge in [0.1, 0.15) is 0 Å². The number of aromatic nitrogens is 2. The number of hydrogen-bond acceptors (Lipinski definition) is 7. The second-order valence-corrected chi connectivity index (χ2v) is 5.23. The lowest BCUT2D eigenvalue weighted by atomic mass is 10.2. The van der Waals surface area contributed by atoms with Crippen molar-refractivity contribution in [3.63, 3.8) is 0 Å². The molecule has 3 rings (SSSR count). The Labute approximate surface area is 125 Å². The van der Waals surface area contributed by atoms with Crippen LogP contribution in [0.1, 0.15) is 19.2 Å². The summed E-state index contributed by atoms with van der Waals surface area (Å²) in [6, 6.07) is 5.75. The number of non-ortho nitro benzene ring substituents is 1. The summed E-state index contributed by atoms with van der Waals surface area (Å²) in [4.78, 5) is 21.7. The molecule has 1 aliphatic carbocycles. The van der Waals surface area contributed by atoms with Crippen molar-refractivity contribution in [2.24, 2.45) is 11.8 Å². The molecule has 0 spiro atoms. The van der Waals surface area contributed by atoms with Crippen LogP contribution in [0.5, 0.6) is 0 Å². The van der Waals surface area contributed by atoms with Crippen molar-refractivity contribution in [1.82, 2.24) is 10.2 Å². The molecule has 0 amide bonds. The van der Waals surface area contributed by atoms with E-state index in [2.05, 4.69) is 10.2 Å². The molecule has 0 unspecified atom stereocenters. The normalized spacial score (nSPS) is 19.7. The van der Waals surface area contributed by atoms with Crippen LogP contribution in [0.4, 0.5) is 5.69 Å². The van der Waals surface area contributed by atoms with Gasteiger partial charge in [0.2, 0.25) is 5.89 Å². The molecule has 1 saturated carbocycles. The smallest absolute Gasteiger partial charge is 0.309 e. The Morgan fingerprint density at radius 3 is 2.68 bits per heavy atom. The van der Waals surface area contributed by atoms with E-state index in [1.54, 1.807) is 0 Å². The van der Waals surface area contributed by atoms with E-state index in [1.807, 2.05) is 6.92 Å². The van der Waals surface area contributed by atoms with E-state index in [0.717, 1.165) is 6.42 Å². The Morgan fingerprint density at radius 2 is 2.09 bits per heavy atom. The fraction of sp³-hybridized carbons (Fsp3) is 0.357. The summed E-state index contributed by atoms with van der Waals surface area (Å²) in [7, 11) is 0. The fourth-order valence-corrected chi connectivity index (χ4v) is 2.04. The monoisotopic (exact) mass is 303 g/mol. The Hall–Kier alpha value is -2.77. The Kier molecular flexibility index (Phi) is 3.58. The summed E-state index contributed by atoms with van der Waals surface area (Å²) in [6.45, 7) is 1.92. The molecule has 0 bridgehead atoms. The van der Waals surface area contributed by atoms with Crippen molar-refractivity contribution >= 4 is 11.7 Å². The van der Waals surface area contributed by atoms with Gasteiger partial charge in [-0.25, -0.2) is 0 Å². The quantitative estimate of drug-likeness (QED) is 0.473. The number of hydrogen-bond donors (Lipinski definition) is 0. The number of rotatable bonds is 5. The lowest BCUT2D eigenvalue weighted by Crippen LogP contribution is -2.07. The molecule has 0 N–H and O–H groups in total. The maximum Gasteiger partial charge on any atom is 0.309 e. The third kappa shape index (κ3) is 2.95. The lowest BCUT2D eigenvalue weighted by molar-refractivity contribution is -0.384. The highest BCUT2D eigenvalue weighted by atomic mass is 16.6. The molecule has 1 aromatic carbocycles. The van der Waals surface area contributed by atoms with Crippen molar-refractivity contribution in [3.8, 4) is 11.5 Å². The molecular weight excluding hydrogens is 290 g/mol. The molecule has 1 heterocycles. The highest BCUT2D eigenvalue weighted by molar-refractivity contribution is 5.75. The summed E-state index contributed by atoms with van der Waals surface area (Å²) in [5.41, 5.74) is 0.544. The van der Waals surface area contributed by atoms with Gasteiger partial charge in [-0.3, -0.25) is 14.9 Å². The first-order valence-corrected chi connectivity index (χ1v) is 6.78. The van der Waals surface area contributed by atoms with Crippen molar-refractivity contribution in [1.29, 1.82) is 0 Å². The first-order valence-electron chi connectivity index (χ1n) is 6.78. The van der Waals surface area contributed by atoms with E-state index in [-0.39, 0.29) is 36.0 Å². The van der Waals surface area contributed by atoms with Crippen LogP contribution in [0.3, 0.4) is 0 Å². The predicted molar refractivity (Wildman–Crippen MR) is 73.5 cm³/mol. The number of ether oxygens (including phenoxy) is 1. The van der Waals surface area contributed by atoms with Gasteiger partial charge < -0.3 is 9.15 Å². The molecule has 1 aliphatic rings. The third-order valence-corrected chi connectivity index (χ3v) is 3.54. The van der Waals surface area contributed by atoms with Crippen LogP contribution in [0, 0.1) is 22.0 Å². The Morgan fingerprint density at radius 1 is 1.41 bits per heavy atom. The molecule has 8 nitrogen and oxygen atoms in total. The van der Waals surface area contributed by atoms with Crippen LogP contribution in [0.15, 0.2) is 28.7 Å². The van der Waals surface area contributed by atoms with Gasteiger partial charge in [0.25, 0.3) is 11.6 Å². The van der Waals surface area contributed by atoms with Gasteiger partial charge in [0.15, 0.2) is 6.61 Å². The fourth-order valence-electron chi connectivity index (χ4n) is 2.04. The van der Waals surface area contributed by atoms with Crippen LogP contribution in [-0.4, -0.2) is 21.1 Å². The van der Waals surface area contributed by atoms with Crippen LogP contribution >= 0.6 is 0 Å². The zero-order valence-electron chi connectivity index (χ0n) is 11.8. The number of benzene rings is 1. The minimum atomic E-state index is -0.485. The first-order chi connectivity index (χ1) is 10.5. The zero-order valence-corrected chi connectivity index (χ0v) is 11.8. The highest BCUT2D eigenvalue weighted by Gasteiger charge is 2.40. The van der Waals surface area contributed by atoms with E-state index >= 15 is 0 Å².